The summed E-state index contributed by atoms with van der Waals surface area (Å²) < 4.78 is 2.67. The van der Waals surface area contributed by atoms with E-state index in [9.17, 15) is 0 Å². The van der Waals surface area contributed by atoms with Crippen LogP contribution in [-0.2, 0) is 6.42 Å². The third-order valence-corrected chi connectivity index (χ3v) is 5.21. The Labute approximate surface area is 118 Å². The maximum absolute atomic E-state index is 2.67. The lowest BCUT2D eigenvalue weighted by Crippen LogP contribution is -2.40. The fraction of sp³-hybridized carbons (Fsp3) is 0.294. The average molecular weight is 265 g/mol. The zero-order valence-electron chi connectivity index (χ0n) is 11.1. The third-order valence-electron chi connectivity index (χ3n) is 3.74. The van der Waals surface area contributed by atoms with E-state index >= 15 is 0 Å². The summed E-state index contributed by atoms with van der Waals surface area (Å²) in [6, 6.07) is 22.5. The summed E-state index contributed by atoms with van der Waals surface area (Å²) in [5, 5.41) is 1.46. The molecule has 0 aliphatic carbocycles. The number of hydrogen-bond acceptors (Lipinski definition) is 1. The summed E-state index contributed by atoms with van der Waals surface area (Å²) in [6.45, 7) is 1.25. The standard InChI is InChI=1S/C17H19NSi/c1-3-8-15(9-4-1)14-16-10-7-13-18(16)19-17-11-5-2-6-12-17/h1-6,8-9,11-12,16H,7,10,13-14H2. The van der Waals surface area contributed by atoms with E-state index in [1.165, 1.54) is 36.6 Å². The van der Waals surface area contributed by atoms with Gasteiger partial charge in [0.1, 0.15) is 0 Å². The molecule has 1 atom stereocenters. The van der Waals surface area contributed by atoms with Crippen molar-refractivity contribution < 1.29 is 0 Å². The zero-order valence-corrected chi connectivity index (χ0v) is 12.1. The highest BCUT2D eigenvalue weighted by molar-refractivity contribution is 6.50. The molecule has 1 aliphatic rings. The molecule has 96 valence electrons. The largest absolute Gasteiger partial charge is 0.318 e. The molecule has 2 aromatic carbocycles. The lowest BCUT2D eigenvalue weighted by atomic mass is 10.1. The van der Waals surface area contributed by atoms with Crippen LogP contribution in [0.1, 0.15) is 18.4 Å². The van der Waals surface area contributed by atoms with Gasteiger partial charge in [0, 0.05) is 6.04 Å². The van der Waals surface area contributed by atoms with Gasteiger partial charge < -0.3 is 4.57 Å². The molecule has 1 nitrogen and oxygen atoms in total. The van der Waals surface area contributed by atoms with Crippen LogP contribution in [0.4, 0.5) is 0 Å². The van der Waals surface area contributed by atoms with Crippen LogP contribution in [0.15, 0.2) is 60.7 Å². The Kier molecular flexibility index (Phi) is 4.11. The molecule has 2 aromatic rings. The first-order chi connectivity index (χ1) is 9.42. The van der Waals surface area contributed by atoms with Crippen molar-refractivity contribution in [2.75, 3.05) is 6.54 Å². The molecule has 1 aliphatic heterocycles. The molecule has 2 radical (unpaired) electrons. The number of rotatable bonds is 4. The molecule has 0 amide bonds. The SMILES string of the molecule is c1ccc(CC2CCCN2[Si]c2ccccc2)cc1. The summed E-state index contributed by atoms with van der Waals surface area (Å²) in [7, 11) is 0.823. The van der Waals surface area contributed by atoms with Gasteiger partial charge in [-0.05, 0) is 36.6 Å². The smallest absolute Gasteiger partial charge is 0.182 e. The van der Waals surface area contributed by atoms with Gasteiger partial charge in [0.05, 0.1) is 0 Å². The highest BCUT2D eigenvalue weighted by Gasteiger charge is 2.24. The van der Waals surface area contributed by atoms with Gasteiger partial charge in [0.2, 0.25) is 0 Å². The van der Waals surface area contributed by atoms with Gasteiger partial charge in [-0.1, -0.05) is 60.7 Å². The molecule has 19 heavy (non-hydrogen) atoms. The van der Waals surface area contributed by atoms with E-state index in [4.69, 9.17) is 0 Å². The second kappa shape index (κ2) is 6.18. The van der Waals surface area contributed by atoms with Crippen LogP contribution in [0, 0.1) is 0 Å². The topological polar surface area (TPSA) is 3.24 Å². The lowest BCUT2D eigenvalue weighted by Gasteiger charge is -2.23. The molecule has 0 spiro atoms. The van der Waals surface area contributed by atoms with Gasteiger partial charge in [-0.15, -0.1) is 0 Å². The van der Waals surface area contributed by atoms with Crippen molar-refractivity contribution in [1.29, 1.82) is 0 Å². The average Bonchev–Trinajstić information content (AvgIpc) is 2.88. The molecule has 1 heterocycles. The minimum atomic E-state index is 0.723. The molecule has 3 rings (SSSR count). The van der Waals surface area contributed by atoms with Crippen molar-refractivity contribution in [2.24, 2.45) is 0 Å². The van der Waals surface area contributed by atoms with Crippen molar-refractivity contribution in [3.05, 3.63) is 66.2 Å². The monoisotopic (exact) mass is 265 g/mol. The summed E-state index contributed by atoms with van der Waals surface area (Å²) in [5.74, 6) is 0. The summed E-state index contributed by atoms with van der Waals surface area (Å²) in [6.07, 6.45) is 3.88. The Balaban J connectivity index is 1.65. The predicted octanol–water partition coefficient (Wildman–Crippen LogP) is 2.64. The van der Waals surface area contributed by atoms with Gasteiger partial charge >= 0.3 is 0 Å². The van der Waals surface area contributed by atoms with E-state index in [0.29, 0.717) is 0 Å². The molecular formula is C17H19NSi. The Morgan fingerprint density at radius 2 is 1.63 bits per heavy atom. The molecule has 0 aromatic heterocycles. The van der Waals surface area contributed by atoms with Crippen molar-refractivity contribution in [2.45, 2.75) is 25.3 Å². The van der Waals surface area contributed by atoms with Crippen molar-refractivity contribution in [3.63, 3.8) is 0 Å². The van der Waals surface area contributed by atoms with Crippen LogP contribution in [0.3, 0.4) is 0 Å². The minimum Gasteiger partial charge on any atom is -0.318 e. The van der Waals surface area contributed by atoms with E-state index in [1.54, 1.807) is 0 Å². The van der Waals surface area contributed by atoms with Gasteiger partial charge in [0.25, 0.3) is 0 Å². The third kappa shape index (κ3) is 3.34. The molecular weight excluding hydrogens is 246 g/mol. The first-order valence-corrected chi connectivity index (χ1v) is 7.99. The van der Waals surface area contributed by atoms with E-state index in [-0.39, 0.29) is 0 Å². The molecule has 0 N–H and O–H groups in total. The van der Waals surface area contributed by atoms with Gasteiger partial charge in [-0.3, -0.25) is 0 Å². The maximum Gasteiger partial charge on any atom is 0.182 e. The molecule has 1 saturated heterocycles. The fourth-order valence-corrected chi connectivity index (χ4v) is 4.11. The van der Waals surface area contributed by atoms with Crippen molar-refractivity contribution in [1.82, 2.24) is 4.57 Å². The van der Waals surface area contributed by atoms with Crippen LogP contribution in [0.25, 0.3) is 0 Å². The van der Waals surface area contributed by atoms with E-state index < -0.39 is 0 Å². The summed E-state index contributed by atoms with van der Waals surface area (Å²) >= 11 is 0. The highest BCUT2D eigenvalue weighted by Crippen LogP contribution is 2.19. The number of hydrogen-bond donors (Lipinski definition) is 0. The normalized spacial score (nSPS) is 19.7. The fourth-order valence-electron chi connectivity index (χ4n) is 2.76. The predicted molar refractivity (Wildman–Crippen MR) is 81.7 cm³/mol. The summed E-state index contributed by atoms with van der Waals surface area (Å²) in [4.78, 5) is 0. The molecule has 0 saturated carbocycles. The van der Waals surface area contributed by atoms with E-state index in [2.05, 4.69) is 65.2 Å². The Bertz CT molecular complexity index is 450. The quantitative estimate of drug-likeness (QED) is 0.768. The Morgan fingerprint density at radius 3 is 2.37 bits per heavy atom. The molecule has 0 bridgehead atoms. The van der Waals surface area contributed by atoms with Crippen LogP contribution in [0.5, 0.6) is 0 Å². The Hall–Kier alpha value is -1.38. The molecule has 2 heteroatoms. The van der Waals surface area contributed by atoms with Gasteiger partial charge in [0.15, 0.2) is 9.68 Å². The molecule has 1 fully saturated rings. The lowest BCUT2D eigenvalue weighted by molar-refractivity contribution is 0.412. The molecule has 1 unspecified atom stereocenters. The first-order valence-electron chi connectivity index (χ1n) is 7.04. The van der Waals surface area contributed by atoms with Crippen LogP contribution in [0.2, 0.25) is 0 Å². The van der Waals surface area contributed by atoms with Gasteiger partial charge in [-0.2, -0.15) is 0 Å². The minimum absolute atomic E-state index is 0.723. The number of nitrogens with zero attached hydrogens (tertiary/aromatic N) is 1. The van der Waals surface area contributed by atoms with Crippen LogP contribution >= 0.6 is 0 Å². The van der Waals surface area contributed by atoms with Crippen molar-refractivity contribution >= 4 is 14.9 Å². The second-order valence-electron chi connectivity index (χ2n) is 5.16. The number of benzene rings is 2. The first kappa shape index (κ1) is 12.6. The maximum atomic E-state index is 2.67. The van der Waals surface area contributed by atoms with Crippen LogP contribution in [-0.4, -0.2) is 26.8 Å². The second-order valence-corrected chi connectivity index (χ2v) is 6.53. The van der Waals surface area contributed by atoms with Crippen molar-refractivity contribution in [3.8, 4) is 0 Å². The van der Waals surface area contributed by atoms with Gasteiger partial charge in [-0.25, -0.2) is 0 Å². The Morgan fingerprint density at radius 1 is 0.947 bits per heavy atom. The van der Waals surface area contributed by atoms with E-state index in [0.717, 1.165) is 15.7 Å². The summed E-state index contributed by atoms with van der Waals surface area (Å²) in [5.41, 5.74) is 1.47. The van der Waals surface area contributed by atoms with Crippen LogP contribution < -0.4 is 5.19 Å². The highest BCUT2D eigenvalue weighted by atomic mass is 28.2. The zero-order chi connectivity index (χ0) is 12.9. The van der Waals surface area contributed by atoms with E-state index in [1.807, 2.05) is 0 Å².